The van der Waals surface area contributed by atoms with E-state index in [0.717, 1.165) is 13.1 Å². The molecule has 0 saturated carbocycles. The predicted molar refractivity (Wildman–Crippen MR) is 78.5 cm³/mol. The molecule has 1 fully saturated rings. The Labute approximate surface area is 112 Å². The van der Waals surface area contributed by atoms with Crippen LogP contribution in [0.5, 0.6) is 0 Å². The summed E-state index contributed by atoms with van der Waals surface area (Å²) < 4.78 is 1.34. The molecular weight excluding hydrogens is 240 g/mol. The highest BCUT2D eigenvalue weighted by Gasteiger charge is 2.23. The SMILES string of the molecule is CC(C)(C)c1nc2c(C3CCNC3)cccc2s1. The molecule has 0 bridgehead atoms. The van der Waals surface area contributed by atoms with E-state index in [4.69, 9.17) is 4.98 Å². The second-order valence-electron chi connectivity index (χ2n) is 6.15. The number of thiazole rings is 1. The van der Waals surface area contributed by atoms with Crippen LogP contribution in [0.2, 0.25) is 0 Å². The highest BCUT2D eigenvalue weighted by atomic mass is 32.1. The average molecular weight is 260 g/mol. The largest absolute Gasteiger partial charge is 0.316 e. The molecule has 3 heteroatoms. The summed E-state index contributed by atoms with van der Waals surface area (Å²) in [7, 11) is 0. The Hall–Kier alpha value is -0.930. The number of hydrogen-bond donors (Lipinski definition) is 1. The Kier molecular flexibility index (Phi) is 2.91. The van der Waals surface area contributed by atoms with Crippen LogP contribution >= 0.6 is 11.3 Å². The zero-order valence-corrected chi connectivity index (χ0v) is 12.1. The smallest absolute Gasteiger partial charge is 0.0992 e. The summed E-state index contributed by atoms with van der Waals surface area (Å²) in [5.41, 5.74) is 2.82. The Morgan fingerprint density at radius 3 is 2.83 bits per heavy atom. The maximum absolute atomic E-state index is 4.92. The normalized spacial score (nSPS) is 20.7. The first-order valence-electron chi connectivity index (χ1n) is 6.66. The maximum Gasteiger partial charge on any atom is 0.0992 e. The van der Waals surface area contributed by atoms with E-state index in [2.05, 4.69) is 44.3 Å². The first-order valence-corrected chi connectivity index (χ1v) is 7.48. The van der Waals surface area contributed by atoms with Crippen molar-refractivity contribution >= 4 is 21.6 Å². The maximum atomic E-state index is 4.92. The van der Waals surface area contributed by atoms with Crippen LogP contribution in [-0.4, -0.2) is 18.1 Å². The van der Waals surface area contributed by atoms with Crippen molar-refractivity contribution in [1.82, 2.24) is 10.3 Å². The van der Waals surface area contributed by atoms with Crippen LogP contribution in [0.1, 0.15) is 43.7 Å². The first-order chi connectivity index (χ1) is 8.55. The Balaban J connectivity index is 2.12. The fraction of sp³-hybridized carbons (Fsp3) is 0.533. The van der Waals surface area contributed by atoms with E-state index >= 15 is 0 Å². The number of fused-ring (bicyclic) bond motifs is 1. The van der Waals surface area contributed by atoms with Crippen molar-refractivity contribution in [3.63, 3.8) is 0 Å². The minimum atomic E-state index is 0.148. The van der Waals surface area contributed by atoms with Crippen LogP contribution in [0.15, 0.2) is 18.2 Å². The highest BCUT2D eigenvalue weighted by molar-refractivity contribution is 7.18. The van der Waals surface area contributed by atoms with Gasteiger partial charge in [0.1, 0.15) is 0 Å². The average Bonchev–Trinajstić information content (AvgIpc) is 2.96. The summed E-state index contributed by atoms with van der Waals surface area (Å²) in [5, 5.41) is 4.69. The molecule has 2 aromatic rings. The van der Waals surface area contributed by atoms with Crippen molar-refractivity contribution in [2.75, 3.05) is 13.1 Å². The van der Waals surface area contributed by atoms with E-state index in [-0.39, 0.29) is 5.41 Å². The molecule has 2 nitrogen and oxygen atoms in total. The van der Waals surface area contributed by atoms with Crippen molar-refractivity contribution in [3.05, 3.63) is 28.8 Å². The van der Waals surface area contributed by atoms with Gasteiger partial charge >= 0.3 is 0 Å². The second-order valence-corrected chi connectivity index (χ2v) is 7.18. The van der Waals surface area contributed by atoms with Crippen LogP contribution in [-0.2, 0) is 5.41 Å². The van der Waals surface area contributed by atoms with Gasteiger partial charge in [-0.15, -0.1) is 11.3 Å². The van der Waals surface area contributed by atoms with Crippen molar-refractivity contribution in [3.8, 4) is 0 Å². The summed E-state index contributed by atoms with van der Waals surface area (Å²) in [5.74, 6) is 0.642. The molecule has 0 aliphatic carbocycles. The molecule has 1 N–H and O–H groups in total. The number of nitrogens with one attached hydrogen (secondary N) is 1. The lowest BCUT2D eigenvalue weighted by Gasteiger charge is -2.13. The van der Waals surface area contributed by atoms with Crippen LogP contribution in [0.3, 0.4) is 0 Å². The van der Waals surface area contributed by atoms with Gasteiger partial charge in [-0.25, -0.2) is 4.98 Å². The minimum absolute atomic E-state index is 0.148. The Bertz CT molecular complexity index is 559. The molecule has 1 aromatic carbocycles. The van der Waals surface area contributed by atoms with Gasteiger partial charge in [-0.05, 0) is 30.5 Å². The third-order valence-electron chi connectivity index (χ3n) is 3.59. The van der Waals surface area contributed by atoms with E-state index in [1.807, 2.05) is 11.3 Å². The summed E-state index contributed by atoms with van der Waals surface area (Å²) in [6.45, 7) is 8.95. The van der Waals surface area contributed by atoms with Crippen LogP contribution < -0.4 is 5.32 Å². The molecule has 2 heterocycles. The number of nitrogens with zero attached hydrogens (tertiary/aromatic N) is 1. The van der Waals surface area contributed by atoms with Gasteiger partial charge in [-0.1, -0.05) is 32.9 Å². The van der Waals surface area contributed by atoms with Gasteiger partial charge in [0.05, 0.1) is 15.2 Å². The van der Waals surface area contributed by atoms with Gasteiger partial charge in [-0.2, -0.15) is 0 Å². The lowest BCUT2D eigenvalue weighted by Crippen LogP contribution is -2.10. The zero-order chi connectivity index (χ0) is 12.8. The van der Waals surface area contributed by atoms with Gasteiger partial charge in [0.25, 0.3) is 0 Å². The number of benzene rings is 1. The fourth-order valence-electron chi connectivity index (χ4n) is 2.54. The summed E-state index contributed by atoms with van der Waals surface area (Å²) in [6, 6.07) is 6.64. The molecule has 1 aliphatic heterocycles. The van der Waals surface area contributed by atoms with Gasteiger partial charge in [0, 0.05) is 12.0 Å². The molecule has 1 saturated heterocycles. The lowest BCUT2D eigenvalue weighted by molar-refractivity contribution is 0.586. The van der Waals surface area contributed by atoms with Gasteiger partial charge in [-0.3, -0.25) is 0 Å². The number of para-hydroxylation sites is 1. The number of rotatable bonds is 1. The summed E-state index contributed by atoms with van der Waals surface area (Å²) >= 11 is 1.85. The van der Waals surface area contributed by atoms with Crippen LogP contribution in [0.25, 0.3) is 10.2 Å². The minimum Gasteiger partial charge on any atom is -0.316 e. The lowest BCUT2D eigenvalue weighted by atomic mass is 9.96. The third-order valence-corrected chi connectivity index (χ3v) is 5.04. The standard InChI is InChI=1S/C15H20N2S/c1-15(2,3)14-17-13-11(10-7-8-16-9-10)5-4-6-12(13)18-14/h4-6,10,16H,7-9H2,1-3H3. The predicted octanol–water partition coefficient (Wildman–Crippen LogP) is 3.67. The molecule has 96 valence electrons. The van der Waals surface area contributed by atoms with Crippen LogP contribution in [0.4, 0.5) is 0 Å². The second kappa shape index (κ2) is 4.32. The molecule has 1 aromatic heterocycles. The molecule has 0 amide bonds. The van der Waals surface area contributed by atoms with E-state index in [1.165, 1.54) is 27.2 Å². The fourth-order valence-corrected chi connectivity index (χ4v) is 3.60. The van der Waals surface area contributed by atoms with Gasteiger partial charge < -0.3 is 5.32 Å². The molecule has 1 aliphatic rings. The first kappa shape index (κ1) is 12.1. The van der Waals surface area contributed by atoms with E-state index in [1.54, 1.807) is 0 Å². The third kappa shape index (κ3) is 2.06. The van der Waals surface area contributed by atoms with Crippen molar-refractivity contribution < 1.29 is 0 Å². The molecule has 1 atom stereocenters. The van der Waals surface area contributed by atoms with Crippen molar-refractivity contribution in [1.29, 1.82) is 0 Å². The zero-order valence-electron chi connectivity index (χ0n) is 11.3. The molecule has 0 radical (unpaired) electrons. The summed E-state index contributed by atoms with van der Waals surface area (Å²) in [4.78, 5) is 4.92. The van der Waals surface area contributed by atoms with Crippen LogP contribution in [0, 0.1) is 0 Å². The summed E-state index contributed by atoms with van der Waals surface area (Å²) in [6.07, 6.45) is 1.24. The van der Waals surface area contributed by atoms with Crippen molar-refractivity contribution in [2.24, 2.45) is 0 Å². The van der Waals surface area contributed by atoms with E-state index < -0.39 is 0 Å². The van der Waals surface area contributed by atoms with Gasteiger partial charge in [0.2, 0.25) is 0 Å². The quantitative estimate of drug-likeness (QED) is 0.846. The topological polar surface area (TPSA) is 24.9 Å². The number of hydrogen-bond acceptors (Lipinski definition) is 3. The molecule has 18 heavy (non-hydrogen) atoms. The Morgan fingerprint density at radius 1 is 1.33 bits per heavy atom. The van der Waals surface area contributed by atoms with Gasteiger partial charge in [0.15, 0.2) is 0 Å². The monoisotopic (exact) mass is 260 g/mol. The Morgan fingerprint density at radius 2 is 2.17 bits per heavy atom. The highest BCUT2D eigenvalue weighted by Crippen LogP contribution is 2.35. The van der Waals surface area contributed by atoms with E-state index in [0.29, 0.717) is 5.92 Å². The molecule has 3 rings (SSSR count). The molecule has 0 spiro atoms. The molecule has 1 unspecified atom stereocenters. The van der Waals surface area contributed by atoms with E-state index in [9.17, 15) is 0 Å². The number of aromatic nitrogens is 1. The van der Waals surface area contributed by atoms with Crippen molar-refractivity contribution in [2.45, 2.75) is 38.5 Å². The molecular formula is C15H20N2S.